The summed E-state index contributed by atoms with van der Waals surface area (Å²) in [4.78, 5) is -0.294. The second-order valence-electron chi connectivity index (χ2n) is 7.17. The highest BCUT2D eigenvalue weighted by Gasteiger charge is 2.37. The van der Waals surface area contributed by atoms with Crippen molar-refractivity contribution in [2.24, 2.45) is 0 Å². The van der Waals surface area contributed by atoms with Crippen LogP contribution in [0.3, 0.4) is 0 Å². The Bertz CT molecular complexity index is 978. The van der Waals surface area contributed by atoms with Gasteiger partial charge < -0.3 is 14.2 Å². The first-order valence-electron chi connectivity index (χ1n) is 8.36. The molecular formula is C19H23O6PS. The molecule has 3 rings (SSSR count). The molecule has 6 nitrogen and oxygen atoms in total. The van der Waals surface area contributed by atoms with Crippen molar-refractivity contribution in [3.05, 3.63) is 30.3 Å². The molecule has 0 unspecified atom stereocenters. The minimum absolute atomic E-state index is 0.00216. The van der Waals surface area contributed by atoms with Crippen LogP contribution in [-0.2, 0) is 10.1 Å². The zero-order valence-electron chi connectivity index (χ0n) is 15.9. The molecule has 2 aromatic carbocycles. The third-order valence-corrected chi connectivity index (χ3v) is 8.37. The summed E-state index contributed by atoms with van der Waals surface area (Å²) in [6.07, 6.45) is 0.605. The average Bonchev–Trinajstić information content (AvgIpc) is 3.04. The third-order valence-electron chi connectivity index (χ3n) is 4.48. The van der Waals surface area contributed by atoms with E-state index in [2.05, 4.69) is 20.8 Å². The molecule has 1 N–H and O–H groups in total. The van der Waals surface area contributed by atoms with Gasteiger partial charge in [0.25, 0.3) is 10.1 Å². The summed E-state index contributed by atoms with van der Waals surface area (Å²) in [5.74, 6) is 1.30. The van der Waals surface area contributed by atoms with Crippen LogP contribution in [0.4, 0.5) is 0 Å². The second kappa shape index (κ2) is 6.97. The molecule has 27 heavy (non-hydrogen) atoms. The Balaban J connectivity index is 2.38. The molecule has 0 spiro atoms. The van der Waals surface area contributed by atoms with Crippen LogP contribution in [0.25, 0.3) is 11.1 Å². The highest BCUT2D eigenvalue weighted by Crippen LogP contribution is 2.57. The molecule has 1 aliphatic heterocycles. The molecule has 0 bridgehead atoms. The molecule has 0 saturated carbocycles. The zero-order valence-corrected chi connectivity index (χ0v) is 17.6. The molecule has 0 fully saturated rings. The fourth-order valence-corrected chi connectivity index (χ4v) is 6.22. The first kappa shape index (κ1) is 19.9. The number of benzene rings is 2. The van der Waals surface area contributed by atoms with E-state index in [1.165, 1.54) is 26.4 Å². The maximum Gasteiger partial charge on any atom is 0.298 e. The van der Waals surface area contributed by atoms with Crippen LogP contribution in [0, 0.1) is 0 Å². The first-order valence-corrected chi connectivity index (χ1v) is 11.3. The molecule has 0 amide bonds. The fraction of sp³-hybridized carbons (Fsp3) is 0.368. The van der Waals surface area contributed by atoms with Gasteiger partial charge in [0.05, 0.1) is 19.8 Å². The van der Waals surface area contributed by atoms with Crippen molar-refractivity contribution in [3.8, 4) is 28.4 Å². The van der Waals surface area contributed by atoms with Crippen molar-refractivity contribution in [2.75, 3.05) is 20.6 Å². The van der Waals surface area contributed by atoms with Gasteiger partial charge in [0.1, 0.15) is 22.7 Å². The van der Waals surface area contributed by atoms with Gasteiger partial charge in [-0.1, -0.05) is 32.9 Å². The molecular weight excluding hydrogens is 387 g/mol. The Morgan fingerprint density at radius 1 is 1.11 bits per heavy atom. The number of methoxy groups -OCH3 is 2. The number of fused-ring (bicyclic) bond motifs is 1. The van der Waals surface area contributed by atoms with Gasteiger partial charge in [-0.3, -0.25) is 4.55 Å². The van der Waals surface area contributed by atoms with Gasteiger partial charge in [0.15, 0.2) is 5.75 Å². The van der Waals surface area contributed by atoms with Gasteiger partial charge in [0, 0.05) is 10.9 Å². The van der Waals surface area contributed by atoms with E-state index in [4.69, 9.17) is 14.2 Å². The quantitative estimate of drug-likeness (QED) is 0.609. The van der Waals surface area contributed by atoms with Gasteiger partial charge in [-0.2, -0.15) is 8.42 Å². The SMILES string of the molecule is COc1ccc(S(=O)(=O)O)c(OC)c1-c1cccc2c1[P@](C(C)(C)C)CO2. The molecule has 1 aliphatic rings. The molecule has 146 valence electrons. The van der Waals surface area contributed by atoms with E-state index in [0.29, 0.717) is 17.7 Å². The summed E-state index contributed by atoms with van der Waals surface area (Å²) >= 11 is 0. The highest BCUT2D eigenvalue weighted by molar-refractivity contribution is 7.86. The maximum absolute atomic E-state index is 11.9. The van der Waals surface area contributed by atoms with Gasteiger partial charge >= 0.3 is 0 Å². The van der Waals surface area contributed by atoms with Crippen LogP contribution in [0.5, 0.6) is 17.2 Å². The summed E-state index contributed by atoms with van der Waals surface area (Å²) in [6.45, 7) is 6.49. The molecule has 0 radical (unpaired) electrons. The smallest absolute Gasteiger partial charge is 0.298 e. The molecule has 0 aliphatic carbocycles. The summed E-state index contributed by atoms with van der Waals surface area (Å²) < 4.78 is 50.2. The van der Waals surface area contributed by atoms with Gasteiger partial charge in [-0.25, -0.2) is 0 Å². The Kier molecular flexibility index (Phi) is 5.14. The van der Waals surface area contributed by atoms with E-state index in [0.717, 1.165) is 16.6 Å². The highest BCUT2D eigenvalue weighted by atomic mass is 32.2. The van der Waals surface area contributed by atoms with Crippen molar-refractivity contribution in [1.82, 2.24) is 0 Å². The Hall–Kier alpha value is -1.82. The Morgan fingerprint density at radius 2 is 1.81 bits per heavy atom. The van der Waals surface area contributed by atoms with Gasteiger partial charge in [-0.05, 0) is 31.3 Å². The van der Waals surface area contributed by atoms with E-state index in [9.17, 15) is 13.0 Å². The lowest BCUT2D eigenvalue weighted by atomic mass is 10.0. The largest absolute Gasteiger partial charge is 0.496 e. The van der Waals surface area contributed by atoms with Crippen LogP contribution in [-0.4, -0.2) is 38.7 Å². The predicted molar refractivity (Wildman–Crippen MR) is 107 cm³/mol. The molecule has 1 heterocycles. The van der Waals surface area contributed by atoms with Crippen molar-refractivity contribution in [1.29, 1.82) is 0 Å². The average molecular weight is 410 g/mol. The molecule has 1 atom stereocenters. The second-order valence-corrected chi connectivity index (χ2v) is 11.5. The monoisotopic (exact) mass is 410 g/mol. The first-order chi connectivity index (χ1) is 12.6. The molecule has 2 aromatic rings. The van der Waals surface area contributed by atoms with Crippen LogP contribution < -0.4 is 19.5 Å². The third kappa shape index (κ3) is 3.51. The topological polar surface area (TPSA) is 82.1 Å². The maximum atomic E-state index is 11.9. The number of ether oxygens (including phenoxy) is 3. The molecule has 8 heteroatoms. The Labute approximate surface area is 161 Å². The van der Waals surface area contributed by atoms with Crippen molar-refractivity contribution in [2.45, 2.75) is 30.8 Å². The number of hydrogen-bond acceptors (Lipinski definition) is 5. The fourth-order valence-electron chi connectivity index (χ4n) is 3.22. The Morgan fingerprint density at radius 3 is 2.37 bits per heavy atom. The lowest BCUT2D eigenvalue weighted by molar-refractivity contribution is 0.386. The van der Waals surface area contributed by atoms with Gasteiger partial charge in [0.2, 0.25) is 0 Å². The lowest BCUT2D eigenvalue weighted by Gasteiger charge is -2.28. The van der Waals surface area contributed by atoms with Crippen molar-refractivity contribution < 1.29 is 27.2 Å². The summed E-state index contributed by atoms with van der Waals surface area (Å²) in [5.41, 5.74) is 1.29. The zero-order chi connectivity index (χ0) is 20.0. The number of rotatable bonds is 4. The minimum Gasteiger partial charge on any atom is -0.496 e. The summed E-state index contributed by atoms with van der Waals surface area (Å²) in [7, 11) is -2.24. The van der Waals surface area contributed by atoms with Crippen molar-refractivity contribution >= 4 is 23.3 Å². The van der Waals surface area contributed by atoms with Crippen LogP contribution in [0.15, 0.2) is 35.2 Å². The van der Waals surface area contributed by atoms with Gasteiger partial charge in [-0.15, -0.1) is 0 Å². The normalized spacial score (nSPS) is 16.6. The minimum atomic E-state index is -4.46. The van der Waals surface area contributed by atoms with E-state index in [1.54, 1.807) is 0 Å². The van der Waals surface area contributed by atoms with Crippen LogP contribution in [0.2, 0.25) is 0 Å². The van der Waals surface area contributed by atoms with E-state index in [1.807, 2.05) is 18.2 Å². The van der Waals surface area contributed by atoms with E-state index in [-0.39, 0.29) is 15.8 Å². The molecule has 0 aromatic heterocycles. The molecule has 0 saturated heterocycles. The van der Waals surface area contributed by atoms with Crippen molar-refractivity contribution in [3.63, 3.8) is 0 Å². The van der Waals surface area contributed by atoms with E-state index < -0.39 is 18.0 Å². The standard InChI is InChI=1S/C19H23O6PS/c1-19(2,3)26-11-25-14-8-6-7-12(18(14)26)16-13(23-4)9-10-15(17(16)24-5)27(20,21)22/h6-10H,11H2,1-5H3,(H,20,21,22)/t26-/m1/s1. The lowest BCUT2D eigenvalue weighted by Crippen LogP contribution is -2.19. The summed E-state index contributed by atoms with van der Waals surface area (Å²) in [6, 6.07) is 8.48. The number of hydrogen-bond donors (Lipinski definition) is 1. The van der Waals surface area contributed by atoms with Crippen LogP contribution >= 0.6 is 7.92 Å². The predicted octanol–water partition coefficient (Wildman–Crippen LogP) is 3.87. The van der Waals surface area contributed by atoms with E-state index >= 15 is 0 Å². The van der Waals surface area contributed by atoms with Crippen LogP contribution in [0.1, 0.15) is 20.8 Å². The summed E-state index contributed by atoms with van der Waals surface area (Å²) in [5, 5.41) is 1.04.